The van der Waals surface area contributed by atoms with Gasteiger partial charge < -0.3 is 9.84 Å². The molecule has 0 bridgehead atoms. The first kappa shape index (κ1) is 12.9. The van der Waals surface area contributed by atoms with Crippen molar-refractivity contribution >= 4 is 5.97 Å². The third-order valence-corrected chi connectivity index (χ3v) is 2.84. The first-order valence-electron chi connectivity index (χ1n) is 6.02. The van der Waals surface area contributed by atoms with Gasteiger partial charge in [-0.3, -0.25) is 9.69 Å². The van der Waals surface area contributed by atoms with E-state index in [1.54, 1.807) is 4.68 Å². The first-order valence-corrected chi connectivity index (χ1v) is 6.02. The minimum absolute atomic E-state index is 0.136. The lowest BCUT2D eigenvalue weighted by Gasteiger charge is -2.25. The Morgan fingerprint density at radius 1 is 1.39 bits per heavy atom. The number of nitrogens with zero attached hydrogens (tertiary/aromatic N) is 5. The zero-order valence-electron chi connectivity index (χ0n) is 10.2. The van der Waals surface area contributed by atoms with E-state index in [2.05, 4.69) is 20.4 Å². The molecule has 1 aromatic heterocycles. The van der Waals surface area contributed by atoms with Crippen LogP contribution in [0.1, 0.15) is 18.7 Å². The average molecular weight is 255 g/mol. The van der Waals surface area contributed by atoms with Crippen LogP contribution in [-0.2, 0) is 22.6 Å². The summed E-state index contributed by atoms with van der Waals surface area (Å²) in [6, 6.07) is 0. The second-order valence-electron chi connectivity index (χ2n) is 4.20. The van der Waals surface area contributed by atoms with E-state index in [0.717, 1.165) is 32.1 Å². The fourth-order valence-electron chi connectivity index (χ4n) is 1.85. The molecule has 1 aliphatic rings. The molecule has 0 amide bonds. The summed E-state index contributed by atoms with van der Waals surface area (Å²) in [5.74, 6) is -0.0138. The summed E-state index contributed by atoms with van der Waals surface area (Å²) in [6.07, 6.45) is 0.674. The molecule has 0 unspecified atom stereocenters. The third kappa shape index (κ3) is 3.74. The highest BCUT2D eigenvalue weighted by Crippen LogP contribution is 2.04. The largest absolute Gasteiger partial charge is 0.481 e. The Hall–Kier alpha value is -1.54. The highest BCUT2D eigenvalue weighted by molar-refractivity contribution is 5.66. The molecule has 0 saturated carbocycles. The van der Waals surface area contributed by atoms with Gasteiger partial charge in [0, 0.05) is 26.1 Å². The Labute approximate surface area is 105 Å². The molecule has 1 N–H and O–H groups in total. The molecule has 0 radical (unpaired) electrons. The highest BCUT2D eigenvalue weighted by Gasteiger charge is 2.15. The van der Waals surface area contributed by atoms with E-state index in [4.69, 9.17) is 9.84 Å². The van der Waals surface area contributed by atoms with Gasteiger partial charge >= 0.3 is 5.97 Å². The summed E-state index contributed by atoms with van der Waals surface area (Å²) in [7, 11) is 0. The van der Waals surface area contributed by atoms with E-state index >= 15 is 0 Å². The van der Waals surface area contributed by atoms with Crippen LogP contribution in [0, 0.1) is 0 Å². The van der Waals surface area contributed by atoms with Crippen LogP contribution in [0.5, 0.6) is 0 Å². The SMILES string of the molecule is O=C(O)CCCn1nnnc1CN1CCOCC1. The highest BCUT2D eigenvalue weighted by atomic mass is 16.5. The molecular weight excluding hydrogens is 238 g/mol. The second kappa shape index (κ2) is 6.41. The maximum atomic E-state index is 10.4. The Balaban J connectivity index is 1.84. The van der Waals surface area contributed by atoms with Gasteiger partial charge in [-0.05, 0) is 16.8 Å². The van der Waals surface area contributed by atoms with Gasteiger partial charge in [-0.2, -0.15) is 0 Å². The Morgan fingerprint density at radius 3 is 2.89 bits per heavy atom. The van der Waals surface area contributed by atoms with E-state index in [9.17, 15) is 4.79 Å². The molecule has 1 aliphatic heterocycles. The van der Waals surface area contributed by atoms with Crippen LogP contribution in [0.15, 0.2) is 0 Å². The van der Waals surface area contributed by atoms with Crippen LogP contribution in [0.3, 0.4) is 0 Å². The van der Waals surface area contributed by atoms with Crippen molar-refractivity contribution in [2.24, 2.45) is 0 Å². The van der Waals surface area contributed by atoms with Gasteiger partial charge in [0.05, 0.1) is 19.8 Å². The third-order valence-electron chi connectivity index (χ3n) is 2.84. The van der Waals surface area contributed by atoms with E-state index in [-0.39, 0.29) is 6.42 Å². The number of morpholine rings is 1. The van der Waals surface area contributed by atoms with Crippen LogP contribution < -0.4 is 0 Å². The van der Waals surface area contributed by atoms with Crippen molar-refractivity contribution in [1.29, 1.82) is 0 Å². The topological polar surface area (TPSA) is 93.4 Å². The lowest BCUT2D eigenvalue weighted by molar-refractivity contribution is -0.137. The number of tetrazole rings is 1. The Kier molecular flexibility index (Phi) is 4.59. The zero-order chi connectivity index (χ0) is 12.8. The van der Waals surface area contributed by atoms with Crippen LogP contribution in [0.2, 0.25) is 0 Å². The first-order chi connectivity index (χ1) is 8.75. The molecule has 1 saturated heterocycles. The van der Waals surface area contributed by atoms with E-state index in [0.29, 0.717) is 19.5 Å². The summed E-state index contributed by atoms with van der Waals surface area (Å²) < 4.78 is 6.95. The molecule has 2 heterocycles. The molecular formula is C10H17N5O3. The molecule has 0 aliphatic carbocycles. The van der Waals surface area contributed by atoms with E-state index in [1.807, 2.05) is 0 Å². The number of carbonyl (C=O) groups is 1. The number of rotatable bonds is 6. The number of aliphatic carboxylic acids is 1. The van der Waals surface area contributed by atoms with Crippen molar-refractivity contribution in [2.75, 3.05) is 26.3 Å². The normalized spacial score (nSPS) is 16.9. The molecule has 0 atom stereocenters. The van der Waals surface area contributed by atoms with Crippen molar-refractivity contribution in [3.63, 3.8) is 0 Å². The molecule has 2 rings (SSSR count). The van der Waals surface area contributed by atoms with Crippen molar-refractivity contribution < 1.29 is 14.6 Å². The molecule has 0 spiro atoms. The van der Waals surface area contributed by atoms with Gasteiger partial charge in [0.25, 0.3) is 0 Å². The van der Waals surface area contributed by atoms with Gasteiger partial charge in [-0.25, -0.2) is 4.68 Å². The zero-order valence-corrected chi connectivity index (χ0v) is 10.2. The maximum Gasteiger partial charge on any atom is 0.303 e. The summed E-state index contributed by atoms with van der Waals surface area (Å²) in [4.78, 5) is 12.7. The summed E-state index contributed by atoms with van der Waals surface area (Å²) in [5, 5.41) is 20.1. The van der Waals surface area contributed by atoms with Gasteiger partial charge in [0.1, 0.15) is 0 Å². The fourth-order valence-corrected chi connectivity index (χ4v) is 1.85. The number of hydrogen-bond donors (Lipinski definition) is 1. The molecule has 1 fully saturated rings. The van der Waals surface area contributed by atoms with Crippen molar-refractivity contribution in [1.82, 2.24) is 25.1 Å². The van der Waals surface area contributed by atoms with Gasteiger partial charge in [-0.15, -0.1) is 5.10 Å². The Morgan fingerprint density at radius 2 is 2.17 bits per heavy atom. The molecule has 0 aromatic carbocycles. The lowest BCUT2D eigenvalue weighted by atomic mass is 10.3. The smallest absolute Gasteiger partial charge is 0.303 e. The molecule has 18 heavy (non-hydrogen) atoms. The van der Waals surface area contributed by atoms with Gasteiger partial charge in [0.2, 0.25) is 0 Å². The monoisotopic (exact) mass is 255 g/mol. The number of carboxylic acid groups (broad SMARTS) is 1. The van der Waals surface area contributed by atoms with Gasteiger partial charge in [0.15, 0.2) is 5.82 Å². The minimum Gasteiger partial charge on any atom is -0.481 e. The predicted octanol–water partition coefficient (Wildman–Crippen LogP) is -0.630. The average Bonchev–Trinajstić information content (AvgIpc) is 2.78. The molecule has 8 heteroatoms. The minimum atomic E-state index is -0.794. The van der Waals surface area contributed by atoms with E-state index in [1.165, 1.54) is 0 Å². The number of aromatic nitrogens is 4. The van der Waals surface area contributed by atoms with Crippen LogP contribution >= 0.6 is 0 Å². The quantitative estimate of drug-likeness (QED) is 0.723. The maximum absolute atomic E-state index is 10.4. The van der Waals surface area contributed by atoms with E-state index < -0.39 is 5.97 Å². The van der Waals surface area contributed by atoms with Crippen molar-refractivity contribution in [3.05, 3.63) is 5.82 Å². The lowest BCUT2D eigenvalue weighted by Crippen LogP contribution is -2.36. The summed E-state index contributed by atoms with van der Waals surface area (Å²) in [5.41, 5.74) is 0. The fraction of sp³-hybridized carbons (Fsp3) is 0.800. The van der Waals surface area contributed by atoms with Crippen molar-refractivity contribution in [2.45, 2.75) is 25.9 Å². The second-order valence-corrected chi connectivity index (χ2v) is 4.20. The van der Waals surface area contributed by atoms with Gasteiger partial charge in [-0.1, -0.05) is 0 Å². The molecule has 100 valence electrons. The van der Waals surface area contributed by atoms with Crippen LogP contribution in [0.25, 0.3) is 0 Å². The number of ether oxygens (including phenoxy) is 1. The van der Waals surface area contributed by atoms with Crippen LogP contribution in [0.4, 0.5) is 0 Å². The Bertz CT molecular complexity index is 389. The molecule has 8 nitrogen and oxygen atoms in total. The standard InChI is InChI=1S/C10H17N5O3/c16-10(17)2-1-3-15-9(11-12-13-15)8-14-4-6-18-7-5-14/h1-8H2,(H,16,17). The number of aryl methyl sites for hydroxylation is 1. The summed E-state index contributed by atoms with van der Waals surface area (Å²) in [6.45, 7) is 4.45. The van der Waals surface area contributed by atoms with Crippen LogP contribution in [-0.4, -0.2) is 62.5 Å². The molecule has 1 aromatic rings. The summed E-state index contributed by atoms with van der Waals surface area (Å²) >= 11 is 0. The number of carboxylic acids is 1. The predicted molar refractivity (Wildman–Crippen MR) is 60.8 cm³/mol. The number of hydrogen-bond acceptors (Lipinski definition) is 6. The van der Waals surface area contributed by atoms with Crippen molar-refractivity contribution in [3.8, 4) is 0 Å².